The zero-order valence-corrected chi connectivity index (χ0v) is 24.6. The molecule has 0 radical (unpaired) electrons. The molecule has 0 spiro atoms. The van der Waals surface area contributed by atoms with E-state index in [4.69, 9.17) is 9.98 Å². The second kappa shape index (κ2) is 13.3. The van der Waals surface area contributed by atoms with E-state index in [2.05, 4.69) is 94.0 Å². The zero-order chi connectivity index (χ0) is 27.1. The van der Waals surface area contributed by atoms with Crippen molar-refractivity contribution < 1.29 is 0 Å². The summed E-state index contributed by atoms with van der Waals surface area (Å²) >= 11 is 0. The molecule has 1 atom stereocenters. The molecule has 1 aromatic rings. The smallest absolute Gasteiger partial charge is 0.137 e. The number of allylic oxidation sites excluding steroid dienone is 4. The molecule has 0 amide bonds. The van der Waals surface area contributed by atoms with Crippen molar-refractivity contribution in [2.24, 2.45) is 16.8 Å². The molecule has 0 saturated heterocycles. The van der Waals surface area contributed by atoms with Crippen LogP contribution in [0.5, 0.6) is 0 Å². The first kappa shape index (κ1) is 28.1. The Morgan fingerprint density at radius 1 is 1.08 bits per heavy atom. The van der Waals surface area contributed by atoms with Crippen LogP contribution in [-0.4, -0.2) is 33.7 Å². The topological polar surface area (TPSA) is 31.7 Å². The van der Waals surface area contributed by atoms with Crippen molar-refractivity contribution in [1.29, 1.82) is 0 Å². The second-order valence-corrected chi connectivity index (χ2v) is 11.7. The number of aliphatic imine (C=N–C) groups is 1. The van der Waals surface area contributed by atoms with Gasteiger partial charge in [-0.25, -0.2) is 4.99 Å². The van der Waals surface area contributed by atoms with Gasteiger partial charge < -0.3 is 4.90 Å². The summed E-state index contributed by atoms with van der Waals surface area (Å²) in [6, 6.07) is 2.28. The predicted octanol–water partition coefficient (Wildman–Crippen LogP) is 8.76. The van der Waals surface area contributed by atoms with Crippen molar-refractivity contribution >= 4 is 17.6 Å². The monoisotopic (exact) mass is 512 g/mol. The highest BCUT2D eigenvalue weighted by molar-refractivity contribution is 6.02. The summed E-state index contributed by atoms with van der Waals surface area (Å²) in [6.45, 7) is 15.8. The van der Waals surface area contributed by atoms with Gasteiger partial charge in [-0.3, -0.25) is 9.88 Å². The number of pyridine rings is 1. The fourth-order valence-electron chi connectivity index (χ4n) is 5.55. The molecule has 1 unspecified atom stereocenters. The number of hydrogen-bond donors (Lipinski definition) is 0. The van der Waals surface area contributed by atoms with E-state index in [0.717, 1.165) is 43.0 Å². The lowest BCUT2D eigenvalue weighted by atomic mass is 9.88. The van der Waals surface area contributed by atoms with Crippen LogP contribution in [0.1, 0.15) is 103 Å². The Bertz CT molecular complexity index is 1150. The quantitative estimate of drug-likeness (QED) is 0.280. The summed E-state index contributed by atoms with van der Waals surface area (Å²) in [4.78, 5) is 15.0. The Morgan fingerprint density at radius 2 is 1.89 bits per heavy atom. The molecule has 2 aliphatic heterocycles. The van der Waals surface area contributed by atoms with Crippen LogP contribution in [0.4, 0.5) is 0 Å². The fraction of sp³-hybridized carbons (Fsp3) is 0.529. The van der Waals surface area contributed by atoms with Crippen LogP contribution in [0.15, 0.2) is 64.7 Å². The van der Waals surface area contributed by atoms with Crippen molar-refractivity contribution in [3.8, 4) is 0 Å². The number of aromatic nitrogens is 1. The summed E-state index contributed by atoms with van der Waals surface area (Å²) < 4.78 is 0. The lowest BCUT2D eigenvalue weighted by Gasteiger charge is -2.37. The van der Waals surface area contributed by atoms with Crippen molar-refractivity contribution in [2.45, 2.75) is 92.9 Å². The zero-order valence-electron chi connectivity index (χ0n) is 24.6. The normalized spacial score (nSPS) is 17.9. The van der Waals surface area contributed by atoms with Gasteiger partial charge in [0.15, 0.2) is 0 Å². The standard InChI is InChI=1S/C34H48N4/c1-7-10-16-31-28(13-9-3)19-29(21-35-31)32-20-33(27-14-11-15-27)38-24-30(17-18-34(38)36-32)37(22-25(4)5)23-26(6)12-8-2/h9,13,17-21,24-26H,7-8,10-12,14-16,22-23H2,1-6H3/b13-9-. The van der Waals surface area contributed by atoms with Gasteiger partial charge in [0.25, 0.3) is 0 Å². The lowest BCUT2D eigenvalue weighted by molar-refractivity contribution is 0.262. The largest absolute Gasteiger partial charge is 0.370 e. The molecule has 4 nitrogen and oxygen atoms in total. The molecule has 1 aliphatic carbocycles. The third-order valence-electron chi connectivity index (χ3n) is 7.68. The summed E-state index contributed by atoms with van der Waals surface area (Å²) in [6.07, 6.45) is 25.0. The van der Waals surface area contributed by atoms with E-state index in [9.17, 15) is 0 Å². The van der Waals surface area contributed by atoms with Crippen molar-refractivity contribution in [3.63, 3.8) is 0 Å². The third kappa shape index (κ3) is 6.76. The summed E-state index contributed by atoms with van der Waals surface area (Å²) in [5.74, 6) is 2.30. The molecule has 0 bridgehead atoms. The van der Waals surface area contributed by atoms with Gasteiger partial charge in [-0.2, -0.15) is 0 Å². The van der Waals surface area contributed by atoms with E-state index >= 15 is 0 Å². The van der Waals surface area contributed by atoms with Gasteiger partial charge in [-0.15, -0.1) is 0 Å². The van der Waals surface area contributed by atoms with Crippen molar-refractivity contribution in [3.05, 3.63) is 76.6 Å². The van der Waals surface area contributed by atoms with Gasteiger partial charge in [0, 0.05) is 42.4 Å². The number of aryl methyl sites for hydroxylation is 1. The summed E-state index contributed by atoms with van der Waals surface area (Å²) in [5.41, 5.74) is 8.66. The number of fused-ring (bicyclic) bond motifs is 1. The van der Waals surface area contributed by atoms with Crippen molar-refractivity contribution in [2.75, 3.05) is 13.1 Å². The minimum absolute atomic E-state index is 0.615. The van der Waals surface area contributed by atoms with Crippen LogP contribution < -0.4 is 0 Å². The molecular weight excluding hydrogens is 464 g/mol. The van der Waals surface area contributed by atoms with E-state index in [1.54, 1.807) is 0 Å². The number of amidine groups is 1. The SMILES string of the molecule is C/C=C\c1cc(C2=CC(=C3CCC3)N3C=C(N(CC(C)C)CC(C)CCC)C=CC3=N2)cnc1CCCC. The molecule has 3 heterocycles. The first-order chi connectivity index (χ1) is 18.4. The van der Waals surface area contributed by atoms with Gasteiger partial charge in [0.2, 0.25) is 0 Å². The number of unbranched alkanes of at least 4 members (excludes halogenated alkanes) is 1. The average molecular weight is 513 g/mol. The minimum atomic E-state index is 0.615. The number of nitrogens with zero attached hydrogens (tertiary/aromatic N) is 4. The van der Waals surface area contributed by atoms with Crippen molar-refractivity contribution in [1.82, 2.24) is 14.8 Å². The van der Waals surface area contributed by atoms with Crippen LogP contribution in [0.2, 0.25) is 0 Å². The number of rotatable bonds is 12. The Kier molecular flexibility index (Phi) is 9.82. The predicted molar refractivity (Wildman–Crippen MR) is 163 cm³/mol. The molecular formula is C34H48N4. The minimum Gasteiger partial charge on any atom is -0.370 e. The van der Waals surface area contributed by atoms with Crippen LogP contribution in [0.3, 0.4) is 0 Å². The Hall–Kier alpha value is -2.88. The van der Waals surface area contributed by atoms with Crippen LogP contribution >= 0.6 is 0 Å². The molecule has 1 fully saturated rings. The van der Waals surface area contributed by atoms with Gasteiger partial charge in [-0.1, -0.05) is 59.6 Å². The van der Waals surface area contributed by atoms with E-state index < -0.39 is 0 Å². The van der Waals surface area contributed by atoms with Gasteiger partial charge in [0.05, 0.1) is 11.4 Å². The first-order valence-corrected chi connectivity index (χ1v) is 15.0. The average Bonchev–Trinajstić information content (AvgIpc) is 2.86. The Labute approximate surface area is 231 Å². The maximum absolute atomic E-state index is 5.16. The molecule has 3 aliphatic rings. The maximum Gasteiger partial charge on any atom is 0.137 e. The Morgan fingerprint density at radius 3 is 2.55 bits per heavy atom. The summed E-state index contributed by atoms with van der Waals surface area (Å²) in [5, 5.41) is 0. The highest BCUT2D eigenvalue weighted by atomic mass is 15.2. The molecule has 1 aromatic heterocycles. The van der Waals surface area contributed by atoms with E-state index in [1.807, 2.05) is 6.20 Å². The molecule has 4 heteroatoms. The van der Waals surface area contributed by atoms with E-state index in [1.165, 1.54) is 66.7 Å². The van der Waals surface area contributed by atoms with Gasteiger partial charge >= 0.3 is 0 Å². The summed E-state index contributed by atoms with van der Waals surface area (Å²) in [7, 11) is 0. The molecule has 1 saturated carbocycles. The molecule has 0 aromatic carbocycles. The van der Waals surface area contributed by atoms with E-state index in [0.29, 0.717) is 11.8 Å². The van der Waals surface area contributed by atoms with Gasteiger partial charge in [0.1, 0.15) is 5.84 Å². The lowest BCUT2D eigenvalue weighted by Crippen LogP contribution is -2.36. The third-order valence-corrected chi connectivity index (χ3v) is 7.68. The molecule has 0 N–H and O–H groups in total. The van der Waals surface area contributed by atoms with Crippen LogP contribution in [0.25, 0.3) is 11.8 Å². The van der Waals surface area contributed by atoms with Crippen LogP contribution in [0, 0.1) is 11.8 Å². The fourth-order valence-corrected chi connectivity index (χ4v) is 5.55. The number of hydrogen-bond acceptors (Lipinski definition) is 4. The second-order valence-electron chi connectivity index (χ2n) is 11.7. The Balaban J connectivity index is 1.68. The highest BCUT2D eigenvalue weighted by Crippen LogP contribution is 2.37. The first-order valence-electron chi connectivity index (χ1n) is 15.0. The molecule has 38 heavy (non-hydrogen) atoms. The highest BCUT2D eigenvalue weighted by Gasteiger charge is 2.27. The molecule has 204 valence electrons. The molecule has 4 rings (SSSR count). The maximum atomic E-state index is 5.16. The van der Waals surface area contributed by atoms with Gasteiger partial charge in [-0.05, 0) is 92.7 Å². The van der Waals surface area contributed by atoms with Crippen LogP contribution in [-0.2, 0) is 6.42 Å². The van der Waals surface area contributed by atoms with E-state index in [-0.39, 0.29) is 0 Å².